The summed E-state index contributed by atoms with van der Waals surface area (Å²) in [7, 11) is -3.68. The van der Waals surface area contributed by atoms with Crippen LogP contribution in [-0.4, -0.2) is 8.42 Å². The molecule has 1 aliphatic rings. The van der Waals surface area contributed by atoms with Gasteiger partial charge in [0.2, 0.25) is 10.0 Å². The number of hydrogen-bond donors (Lipinski definition) is 1. The molecule has 1 saturated carbocycles. The Bertz CT molecular complexity index is 736. The summed E-state index contributed by atoms with van der Waals surface area (Å²) < 4.78 is 41.2. The Morgan fingerprint density at radius 1 is 0.909 bits per heavy atom. The zero-order valence-corrected chi connectivity index (χ0v) is 12.9. The number of benzene rings is 2. The van der Waals surface area contributed by atoms with Crippen molar-refractivity contribution in [1.82, 2.24) is 4.72 Å². The van der Waals surface area contributed by atoms with Gasteiger partial charge in [0.15, 0.2) is 0 Å². The van der Waals surface area contributed by atoms with Crippen LogP contribution in [0.5, 0.6) is 0 Å². The fourth-order valence-corrected chi connectivity index (χ4v) is 4.56. The monoisotopic (exact) mass is 319 g/mol. The fourth-order valence-electron chi connectivity index (χ4n) is 3.12. The van der Waals surface area contributed by atoms with Crippen LogP contribution >= 0.6 is 0 Å². The zero-order valence-electron chi connectivity index (χ0n) is 12.1. The van der Waals surface area contributed by atoms with Gasteiger partial charge in [-0.05, 0) is 42.7 Å². The summed E-state index contributed by atoms with van der Waals surface area (Å²) in [5, 5.41) is 0. The largest absolute Gasteiger partial charge is 0.241 e. The molecule has 2 aromatic rings. The molecule has 0 radical (unpaired) electrons. The lowest BCUT2D eigenvalue weighted by Crippen LogP contribution is -2.43. The van der Waals surface area contributed by atoms with Crippen molar-refractivity contribution < 1.29 is 12.8 Å². The molecule has 2 aromatic carbocycles. The lowest BCUT2D eigenvalue weighted by molar-refractivity contribution is 0.404. The van der Waals surface area contributed by atoms with Gasteiger partial charge in [-0.15, -0.1) is 0 Å². The van der Waals surface area contributed by atoms with E-state index in [1.165, 1.54) is 24.3 Å². The van der Waals surface area contributed by atoms with E-state index in [0.717, 1.165) is 31.2 Å². The standard InChI is InChI=1S/C17H18FNO2S/c18-15-8-10-16(11-9-15)22(20,21)19-17(12-4-5-13-17)14-6-2-1-3-7-14/h1-3,6-11,19H,4-5,12-13H2. The maximum absolute atomic E-state index is 13.0. The van der Waals surface area contributed by atoms with Gasteiger partial charge in [0.25, 0.3) is 0 Å². The summed E-state index contributed by atoms with van der Waals surface area (Å²) in [5.74, 6) is -0.447. The van der Waals surface area contributed by atoms with Gasteiger partial charge in [-0.3, -0.25) is 0 Å². The van der Waals surface area contributed by atoms with Gasteiger partial charge in [0.1, 0.15) is 5.82 Å². The number of sulfonamides is 1. The van der Waals surface area contributed by atoms with Crippen molar-refractivity contribution in [2.24, 2.45) is 0 Å². The predicted molar refractivity (Wildman–Crippen MR) is 83.3 cm³/mol. The Labute approximate surface area is 130 Å². The highest BCUT2D eigenvalue weighted by Gasteiger charge is 2.39. The molecule has 0 aliphatic heterocycles. The fraction of sp³-hybridized carbons (Fsp3) is 0.294. The van der Waals surface area contributed by atoms with Crippen molar-refractivity contribution in [3.63, 3.8) is 0 Å². The third kappa shape index (κ3) is 2.91. The molecule has 0 spiro atoms. The van der Waals surface area contributed by atoms with E-state index in [0.29, 0.717) is 0 Å². The van der Waals surface area contributed by atoms with Crippen LogP contribution in [0.1, 0.15) is 31.2 Å². The minimum atomic E-state index is -3.68. The van der Waals surface area contributed by atoms with Gasteiger partial charge in [0.05, 0.1) is 10.4 Å². The topological polar surface area (TPSA) is 46.2 Å². The summed E-state index contributed by atoms with van der Waals surface area (Å²) >= 11 is 0. The van der Waals surface area contributed by atoms with Crippen molar-refractivity contribution in [2.45, 2.75) is 36.1 Å². The minimum absolute atomic E-state index is 0.0936. The molecule has 0 amide bonds. The third-order valence-corrected chi connectivity index (χ3v) is 5.79. The molecule has 1 aliphatic carbocycles. The molecule has 0 saturated heterocycles. The second kappa shape index (κ2) is 5.82. The molecule has 0 unspecified atom stereocenters. The average molecular weight is 319 g/mol. The minimum Gasteiger partial charge on any atom is -0.207 e. The molecule has 3 rings (SSSR count). The molecule has 3 nitrogen and oxygen atoms in total. The van der Waals surface area contributed by atoms with Crippen LogP contribution in [0.25, 0.3) is 0 Å². The number of rotatable bonds is 4. The summed E-state index contributed by atoms with van der Waals surface area (Å²) in [4.78, 5) is 0.0936. The Morgan fingerprint density at radius 3 is 2.09 bits per heavy atom. The van der Waals surface area contributed by atoms with Gasteiger partial charge in [-0.1, -0.05) is 43.2 Å². The predicted octanol–water partition coefficient (Wildman–Crippen LogP) is 3.57. The van der Waals surface area contributed by atoms with Crippen molar-refractivity contribution in [2.75, 3.05) is 0 Å². The molecule has 0 aromatic heterocycles. The van der Waals surface area contributed by atoms with Gasteiger partial charge in [-0.25, -0.2) is 17.5 Å². The van der Waals surface area contributed by atoms with E-state index < -0.39 is 21.4 Å². The smallest absolute Gasteiger partial charge is 0.207 e. The lowest BCUT2D eigenvalue weighted by atomic mass is 9.89. The Balaban J connectivity index is 1.96. The van der Waals surface area contributed by atoms with Crippen molar-refractivity contribution >= 4 is 10.0 Å². The van der Waals surface area contributed by atoms with Crippen LogP contribution in [0, 0.1) is 5.82 Å². The van der Waals surface area contributed by atoms with Crippen LogP contribution in [0.3, 0.4) is 0 Å². The van der Waals surface area contributed by atoms with E-state index >= 15 is 0 Å². The van der Waals surface area contributed by atoms with Crippen LogP contribution in [0.4, 0.5) is 4.39 Å². The van der Waals surface area contributed by atoms with E-state index in [-0.39, 0.29) is 4.90 Å². The third-order valence-electron chi connectivity index (χ3n) is 4.24. The van der Waals surface area contributed by atoms with Crippen LogP contribution in [-0.2, 0) is 15.6 Å². The zero-order chi connectivity index (χ0) is 15.6. The van der Waals surface area contributed by atoms with E-state index in [1.807, 2.05) is 30.3 Å². The van der Waals surface area contributed by atoms with E-state index in [2.05, 4.69) is 4.72 Å². The second-order valence-corrected chi connectivity index (χ2v) is 7.40. The van der Waals surface area contributed by atoms with E-state index in [9.17, 15) is 12.8 Å². The molecule has 0 heterocycles. The van der Waals surface area contributed by atoms with Gasteiger partial charge >= 0.3 is 0 Å². The Morgan fingerprint density at radius 2 is 1.50 bits per heavy atom. The maximum Gasteiger partial charge on any atom is 0.241 e. The average Bonchev–Trinajstić information content (AvgIpc) is 2.98. The number of hydrogen-bond acceptors (Lipinski definition) is 2. The Kier molecular flexibility index (Phi) is 4.02. The van der Waals surface area contributed by atoms with Gasteiger partial charge in [0, 0.05) is 0 Å². The second-order valence-electron chi connectivity index (χ2n) is 5.71. The van der Waals surface area contributed by atoms with Crippen molar-refractivity contribution in [3.05, 3.63) is 66.0 Å². The SMILES string of the molecule is O=S(=O)(NC1(c2ccccc2)CCCC1)c1ccc(F)cc1. The van der Waals surface area contributed by atoms with E-state index in [4.69, 9.17) is 0 Å². The van der Waals surface area contributed by atoms with Gasteiger partial charge in [-0.2, -0.15) is 0 Å². The first-order chi connectivity index (χ1) is 10.5. The first kappa shape index (κ1) is 15.2. The summed E-state index contributed by atoms with van der Waals surface area (Å²) in [6.45, 7) is 0. The molecular formula is C17H18FNO2S. The van der Waals surface area contributed by atoms with Crippen LogP contribution < -0.4 is 4.72 Å². The number of halogens is 1. The molecule has 1 N–H and O–H groups in total. The van der Waals surface area contributed by atoms with Crippen molar-refractivity contribution in [1.29, 1.82) is 0 Å². The van der Waals surface area contributed by atoms with Crippen LogP contribution in [0.2, 0.25) is 0 Å². The highest BCUT2D eigenvalue weighted by Crippen LogP contribution is 2.39. The molecule has 5 heteroatoms. The molecule has 0 bridgehead atoms. The lowest BCUT2D eigenvalue weighted by Gasteiger charge is -2.30. The molecular weight excluding hydrogens is 301 g/mol. The molecule has 116 valence electrons. The first-order valence-corrected chi connectivity index (χ1v) is 8.85. The highest BCUT2D eigenvalue weighted by molar-refractivity contribution is 7.89. The summed E-state index contributed by atoms with van der Waals surface area (Å²) in [6.07, 6.45) is 3.52. The van der Waals surface area contributed by atoms with Crippen LogP contribution in [0.15, 0.2) is 59.5 Å². The van der Waals surface area contributed by atoms with Crippen molar-refractivity contribution in [3.8, 4) is 0 Å². The normalized spacial score (nSPS) is 17.5. The molecule has 1 fully saturated rings. The summed E-state index contributed by atoms with van der Waals surface area (Å²) in [5.41, 5.74) is 0.423. The molecule has 22 heavy (non-hydrogen) atoms. The quantitative estimate of drug-likeness (QED) is 0.936. The van der Waals surface area contributed by atoms with Gasteiger partial charge < -0.3 is 0 Å². The maximum atomic E-state index is 13.0. The Hall–Kier alpha value is -1.72. The molecule has 0 atom stereocenters. The highest BCUT2D eigenvalue weighted by atomic mass is 32.2. The summed E-state index contributed by atoms with van der Waals surface area (Å²) in [6, 6.07) is 14.6. The number of nitrogens with one attached hydrogen (secondary N) is 1. The van der Waals surface area contributed by atoms with E-state index in [1.54, 1.807) is 0 Å². The first-order valence-electron chi connectivity index (χ1n) is 7.37.